The van der Waals surface area contributed by atoms with Crippen LogP contribution in [0.15, 0.2) is 17.5 Å². The minimum atomic E-state index is 0.311. The zero-order valence-corrected chi connectivity index (χ0v) is 13.0. The smallest absolute Gasteiger partial charge is 0.172 e. The predicted molar refractivity (Wildman–Crippen MR) is 82.0 cm³/mol. The summed E-state index contributed by atoms with van der Waals surface area (Å²) in [6.07, 6.45) is 5.60. The highest BCUT2D eigenvalue weighted by atomic mass is 32.1. The van der Waals surface area contributed by atoms with Crippen molar-refractivity contribution in [3.63, 3.8) is 0 Å². The average molecular weight is 279 g/mol. The average Bonchev–Trinajstić information content (AvgIpc) is 2.95. The fourth-order valence-corrected chi connectivity index (χ4v) is 3.39. The van der Waals surface area contributed by atoms with Crippen molar-refractivity contribution in [2.24, 2.45) is 5.41 Å². The van der Waals surface area contributed by atoms with Gasteiger partial charge in [-0.15, -0.1) is 11.3 Å². The number of thiophene rings is 1. The van der Waals surface area contributed by atoms with Gasteiger partial charge in [0.25, 0.3) is 0 Å². The van der Waals surface area contributed by atoms with Crippen LogP contribution in [0, 0.1) is 5.41 Å². The monoisotopic (exact) mass is 279 g/mol. The van der Waals surface area contributed by atoms with Crippen LogP contribution in [0.25, 0.3) is 0 Å². The van der Waals surface area contributed by atoms with Gasteiger partial charge in [-0.25, -0.2) is 0 Å². The molecule has 19 heavy (non-hydrogen) atoms. The maximum absolute atomic E-state index is 11.9. The van der Waals surface area contributed by atoms with Gasteiger partial charge in [-0.1, -0.05) is 26.3 Å². The highest BCUT2D eigenvalue weighted by Gasteiger charge is 2.27. The Bertz CT molecular complexity index is 391. The van der Waals surface area contributed by atoms with Crippen molar-refractivity contribution in [1.29, 1.82) is 0 Å². The van der Waals surface area contributed by atoms with Gasteiger partial charge in [0.15, 0.2) is 5.78 Å². The van der Waals surface area contributed by atoms with Crippen molar-refractivity contribution in [3.05, 3.63) is 22.4 Å². The van der Waals surface area contributed by atoms with Gasteiger partial charge in [0.05, 0.1) is 4.88 Å². The molecule has 1 aliphatic heterocycles. The maximum Gasteiger partial charge on any atom is 0.172 e. The second-order valence-electron chi connectivity index (χ2n) is 6.01. The molecule has 2 nitrogen and oxygen atoms in total. The fraction of sp³-hybridized carbons (Fsp3) is 0.688. The summed E-state index contributed by atoms with van der Waals surface area (Å²) in [6.45, 7) is 8.20. The molecule has 1 saturated heterocycles. The minimum absolute atomic E-state index is 0.311. The maximum atomic E-state index is 11.9. The first-order valence-electron chi connectivity index (χ1n) is 7.42. The first kappa shape index (κ1) is 14.7. The van der Waals surface area contributed by atoms with E-state index in [4.69, 9.17) is 0 Å². The van der Waals surface area contributed by atoms with E-state index in [1.165, 1.54) is 32.4 Å². The molecule has 2 heterocycles. The molecule has 0 aliphatic carbocycles. The van der Waals surface area contributed by atoms with Crippen LogP contribution in [0.1, 0.15) is 55.6 Å². The third-order valence-electron chi connectivity index (χ3n) is 4.59. The highest BCUT2D eigenvalue weighted by Crippen LogP contribution is 2.33. The minimum Gasteiger partial charge on any atom is -0.303 e. The van der Waals surface area contributed by atoms with Crippen LogP contribution in [0.3, 0.4) is 0 Å². The van der Waals surface area contributed by atoms with Crippen molar-refractivity contribution in [1.82, 2.24) is 4.90 Å². The summed E-state index contributed by atoms with van der Waals surface area (Å²) in [4.78, 5) is 15.3. The summed E-state index contributed by atoms with van der Waals surface area (Å²) in [5.74, 6) is 0.311. The van der Waals surface area contributed by atoms with Gasteiger partial charge in [-0.2, -0.15) is 0 Å². The van der Waals surface area contributed by atoms with Crippen molar-refractivity contribution >= 4 is 17.1 Å². The molecule has 1 aliphatic rings. The summed E-state index contributed by atoms with van der Waals surface area (Å²) < 4.78 is 0. The summed E-state index contributed by atoms with van der Waals surface area (Å²) >= 11 is 1.56. The summed E-state index contributed by atoms with van der Waals surface area (Å²) in [7, 11) is 0. The Morgan fingerprint density at radius 3 is 2.74 bits per heavy atom. The quantitative estimate of drug-likeness (QED) is 0.727. The first-order valence-corrected chi connectivity index (χ1v) is 8.30. The Morgan fingerprint density at radius 2 is 2.16 bits per heavy atom. The van der Waals surface area contributed by atoms with E-state index in [1.807, 2.05) is 17.5 Å². The van der Waals surface area contributed by atoms with Gasteiger partial charge < -0.3 is 4.90 Å². The van der Waals surface area contributed by atoms with Crippen LogP contribution in [0.5, 0.6) is 0 Å². The summed E-state index contributed by atoms with van der Waals surface area (Å²) in [5.41, 5.74) is 0.559. The Labute approximate surface area is 120 Å². The molecule has 0 aromatic carbocycles. The van der Waals surface area contributed by atoms with E-state index in [2.05, 4.69) is 18.7 Å². The van der Waals surface area contributed by atoms with Gasteiger partial charge in [-0.3, -0.25) is 4.79 Å². The molecule has 106 valence electrons. The number of Topliss-reactive ketones (excluding diaryl/α,β-unsaturated/α-hetero) is 1. The third-order valence-corrected chi connectivity index (χ3v) is 5.50. The van der Waals surface area contributed by atoms with Crippen LogP contribution < -0.4 is 0 Å². The lowest BCUT2D eigenvalue weighted by molar-refractivity contribution is 0.0950. The molecule has 1 aromatic rings. The van der Waals surface area contributed by atoms with Crippen molar-refractivity contribution in [3.8, 4) is 0 Å². The number of likely N-dealkylation sites (tertiary alicyclic amines) is 1. The molecule has 0 atom stereocenters. The Balaban J connectivity index is 1.66. The van der Waals surface area contributed by atoms with Crippen LogP contribution in [0.4, 0.5) is 0 Å². The Morgan fingerprint density at radius 1 is 1.42 bits per heavy atom. The molecular weight excluding hydrogens is 254 g/mol. The SMILES string of the molecule is CCC1(C)CCN(CCCC(=O)c2cccs2)CC1. The fourth-order valence-electron chi connectivity index (χ4n) is 2.69. The van der Waals surface area contributed by atoms with Gasteiger partial charge in [0.1, 0.15) is 0 Å². The summed E-state index contributed by atoms with van der Waals surface area (Å²) in [6, 6.07) is 3.88. The van der Waals surface area contributed by atoms with Crippen molar-refractivity contribution < 1.29 is 4.79 Å². The number of rotatable bonds is 6. The molecule has 0 bridgehead atoms. The lowest BCUT2D eigenvalue weighted by Gasteiger charge is -2.38. The van der Waals surface area contributed by atoms with Crippen LogP contribution in [0.2, 0.25) is 0 Å². The van der Waals surface area contributed by atoms with Gasteiger partial charge in [0.2, 0.25) is 0 Å². The third kappa shape index (κ3) is 4.15. The topological polar surface area (TPSA) is 20.3 Å². The van der Waals surface area contributed by atoms with Gasteiger partial charge in [0, 0.05) is 6.42 Å². The van der Waals surface area contributed by atoms with Gasteiger partial charge >= 0.3 is 0 Å². The number of piperidine rings is 1. The molecule has 1 fully saturated rings. The van der Waals surface area contributed by atoms with E-state index in [-0.39, 0.29) is 0 Å². The molecule has 0 amide bonds. The van der Waals surface area contributed by atoms with Gasteiger partial charge in [-0.05, 0) is 55.8 Å². The second kappa shape index (κ2) is 6.67. The van der Waals surface area contributed by atoms with E-state index >= 15 is 0 Å². The highest BCUT2D eigenvalue weighted by molar-refractivity contribution is 7.12. The molecule has 2 rings (SSSR count). The number of nitrogens with zero attached hydrogens (tertiary/aromatic N) is 1. The van der Waals surface area contributed by atoms with Crippen LogP contribution in [-0.4, -0.2) is 30.3 Å². The molecule has 0 spiro atoms. The second-order valence-corrected chi connectivity index (χ2v) is 6.96. The normalized spacial score (nSPS) is 19.5. The predicted octanol–water partition coefficient (Wildman–Crippen LogP) is 4.22. The zero-order chi connectivity index (χ0) is 13.7. The molecule has 0 unspecified atom stereocenters. The summed E-state index contributed by atoms with van der Waals surface area (Å²) in [5, 5.41) is 1.98. The van der Waals surface area contributed by atoms with Crippen molar-refractivity contribution in [2.75, 3.05) is 19.6 Å². The molecule has 0 N–H and O–H groups in total. The zero-order valence-electron chi connectivity index (χ0n) is 12.2. The molecule has 0 radical (unpaired) electrons. The van der Waals surface area contributed by atoms with E-state index in [1.54, 1.807) is 11.3 Å². The van der Waals surface area contributed by atoms with Crippen LogP contribution in [-0.2, 0) is 0 Å². The Kier molecular flexibility index (Phi) is 5.17. The molecular formula is C16H25NOS. The Hall–Kier alpha value is -0.670. The van der Waals surface area contributed by atoms with E-state index < -0.39 is 0 Å². The number of carbonyl (C=O) groups excluding carboxylic acids is 1. The molecule has 3 heteroatoms. The lowest BCUT2D eigenvalue weighted by Crippen LogP contribution is -2.38. The first-order chi connectivity index (χ1) is 9.13. The van der Waals surface area contributed by atoms with E-state index in [0.717, 1.165) is 17.8 Å². The number of carbonyl (C=O) groups is 1. The van der Waals surface area contributed by atoms with Crippen LogP contribution >= 0.6 is 11.3 Å². The standard InChI is InChI=1S/C16H25NOS/c1-3-16(2)8-11-17(12-9-16)10-4-6-14(18)15-7-5-13-19-15/h5,7,13H,3-4,6,8-12H2,1-2H3. The van der Waals surface area contributed by atoms with E-state index in [9.17, 15) is 4.79 Å². The number of hydrogen-bond acceptors (Lipinski definition) is 3. The van der Waals surface area contributed by atoms with Crippen molar-refractivity contribution in [2.45, 2.75) is 46.0 Å². The van der Waals surface area contributed by atoms with E-state index in [0.29, 0.717) is 17.6 Å². The number of ketones is 1. The lowest BCUT2D eigenvalue weighted by atomic mass is 9.78. The molecule has 0 saturated carbocycles. The largest absolute Gasteiger partial charge is 0.303 e. The molecule has 1 aromatic heterocycles. The number of hydrogen-bond donors (Lipinski definition) is 0.